The number of aryl methyl sites for hydroxylation is 2. The second-order valence-corrected chi connectivity index (χ2v) is 5.22. The Balaban J connectivity index is 3.48. The van der Waals surface area contributed by atoms with Gasteiger partial charge in [0.2, 0.25) is 0 Å². The first-order valence-corrected chi connectivity index (χ1v) is 7.38. The minimum absolute atomic E-state index is 1.05. The number of allylic oxidation sites excluding steroid dienone is 5. The minimum Gasteiger partial charge on any atom is -0.125 e. The molecule has 106 valence electrons. The quantitative estimate of drug-likeness (QED) is 0.442. The summed E-state index contributed by atoms with van der Waals surface area (Å²) in [6.45, 7) is 14.6. The van der Waals surface area contributed by atoms with Gasteiger partial charge in [-0.2, -0.15) is 0 Å². The SMILES string of the molecule is C=C=C(C)/C(=C\C(=C/CC)CC)c1cc(C)ccc1C. The molecule has 1 aromatic rings. The molecule has 0 nitrogen and oxygen atoms in total. The zero-order chi connectivity index (χ0) is 15.1. The number of rotatable bonds is 5. The van der Waals surface area contributed by atoms with E-state index in [1.54, 1.807) is 0 Å². The second kappa shape index (κ2) is 7.72. The van der Waals surface area contributed by atoms with Gasteiger partial charge in [0.1, 0.15) is 0 Å². The van der Waals surface area contributed by atoms with Crippen LogP contribution in [0.1, 0.15) is 50.3 Å². The fourth-order valence-electron chi connectivity index (χ4n) is 2.26. The number of hydrogen-bond donors (Lipinski definition) is 0. The topological polar surface area (TPSA) is 0 Å². The molecule has 0 bridgehead atoms. The Bertz CT molecular complexity index is 576. The van der Waals surface area contributed by atoms with E-state index in [2.05, 4.69) is 77.3 Å². The normalized spacial score (nSPS) is 12.2. The first-order valence-electron chi connectivity index (χ1n) is 7.38. The molecule has 0 N–H and O–H groups in total. The Morgan fingerprint density at radius 2 is 1.95 bits per heavy atom. The van der Waals surface area contributed by atoms with Crippen LogP contribution < -0.4 is 0 Å². The lowest BCUT2D eigenvalue weighted by Crippen LogP contribution is -1.93. The zero-order valence-corrected chi connectivity index (χ0v) is 13.5. The van der Waals surface area contributed by atoms with Crippen LogP contribution in [0.2, 0.25) is 0 Å². The molecule has 0 aliphatic rings. The van der Waals surface area contributed by atoms with Gasteiger partial charge in [-0.1, -0.05) is 61.9 Å². The molecule has 0 atom stereocenters. The van der Waals surface area contributed by atoms with Crippen LogP contribution in [-0.4, -0.2) is 0 Å². The molecule has 0 amide bonds. The smallest absolute Gasteiger partial charge is 0.00190 e. The molecule has 0 aliphatic carbocycles. The van der Waals surface area contributed by atoms with Gasteiger partial charge in [0.15, 0.2) is 0 Å². The highest BCUT2D eigenvalue weighted by molar-refractivity contribution is 5.81. The molecule has 0 saturated heterocycles. The maximum absolute atomic E-state index is 3.82. The molecular weight excluding hydrogens is 240 g/mol. The Morgan fingerprint density at radius 1 is 1.25 bits per heavy atom. The van der Waals surface area contributed by atoms with Crippen molar-refractivity contribution in [3.63, 3.8) is 0 Å². The van der Waals surface area contributed by atoms with Crippen LogP contribution in [0.3, 0.4) is 0 Å². The van der Waals surface area contributed by atoms with E-state index in [9.17, 15) is 0 Å². The van der Waals surface area contributed by atoms with Crippen molar-refractivity contribution in [3.8, 4) is 0 Å². The Kier molecular flexibility index (Phi) is 6.28. The molecule has 0 heteroatoms. The molecule has 0 radical (unpaired) electrons. The fourth-order valence-corrected chi connectivity index (χ4v) is 2.26. The van der Waals surface area contributed by atoms with Crippen molar-refractivity contribution in [2.45, 2.75) is 47.5 Å². The largest absolute Gasteiger partial charge is 0.125 e. The minimum atomic E-state index is 1.05. The molecule has 0 fully saturated rings. The lowest BCUT2D eigenvalue weighted by molar-refractivity contribution is 1.10. The molecule has 0 saturated carbocycles. The summed E-state index contributed by atoms with van der Waals surface area (Å²) in [5.41, 5.74) is 10.6. The van der Waals surface area contributed by atoms with Crippen molar-refractivity contribution in [3.05, 3.63) is 70.5 Å². The van der Waals surface area contributed by atoms with Gasteiger partial charge in [-0.05, 0) is 55.9 Å². The standard InChI is InChI=1S/C20H26/c1-7-10-18(9-3)14-20(16(5)8-2)19-13-15(4)11-12-17(19)6/h10-14H,2,7,9H2,1,3-6H3/b18-10-,20-14+. The predicted molar refractivity (Wildman–Crippen MR) is 90.9 cm³/mol. The number of benzene rings is 1. The van der Waals surface area contributed by atoms with Gasteiger partial charge >= 0.3 is 0 Å². The maximum Gasteiger partial charge on any atom is -0.00190 e. The molecular formula is C20H26. The molecule has 20 heavy (non-hydrogen) atoms. The summed E-state index contributed by atoms with van der Waals surface area (Å²) in [5.74, 6) is 0. The highest BCUT2D eigenvalue weighted by Crippen LogP contribution is 2.28. The summed E-state index contributed by atoms with van der Waals surface area (Å²) < 4.78 is 0. The predicted octanol–water partition coefficient (Wildman–Crippen LogP) is 6.16. The molecule has 0 heterocycles. The van der Waals surface area contributed by atoms with Gasteiger partial charge in [-0.25, -0.2) is 0 Å². The van der Waals surface area contributed by atoms with Crippen molar-refractivity contribution in [1.82, 2.24) is 0 Å². The third kappa shape index (κ3) is 4.11. The first-order chi connectivity index (χ1) is 9.53. The van der Waals surface area contributed by atoms with E-state index in [-0.39, 0.29) is 0 Å². The first kappa shape index (κ1) is 16.3. The zero-order valence-electron chi connectivity index (χ0n) is 13.5. The van der Waals surface area contributed by atoms with Gasteiger partial charge in [0, 0.05) is 0 Å². The lowest BCUT2D eigenvalue weighted by Gasteiger charge is -2.13. The third-order valence-electron chi connectivity index (χ3n) is 3.56. The van der Waals surface area contributed by atoms with Crippen LogP contribution in [-0.2, 0) is 0 Å². The van der Waals surface area contributed by atoms with Gasteiger partial charge in [-0.15, -0.1) is 5.73 Å². The summed E-state index contributed by atoms with van der Waals surface area (Å²) in [6, 6.07) is 6.59. The number of hydrogen-bond acceptors (Lipinski definition) is 0. The van der Waals surface area contributed by atoms with E-state index in [0.717, 1.165) is 18.4 Å². The van der Waals surface area contributed by atoms with Gasteiger partial charge in [0.05, 0.1) is 0 Å². The van der Waals surface area contributed by atoms with Gasteiger partial charge in [-0.3, -0.25) is 0 Å². The van der Waals surface area contributed by atoms with Crippen LogP contribution >= 0.6 is 0 Å². The van der Waals surface area contributed by atoms with Crippen molar-refractivity contribution in [1.29, 1.82) is 0 Å². The van der Waals surface area contributed by atoms with Crippen LogP contribution in [0.25, 0.3) is 5.57 Å². The van der Waals surface area contributed by atoms with Gasteiger partial charge in [0.25, 0.3) is 0 Å². The molecule has 1 rings (SSSR count). The summed E-state index contributed by atoms with van der Waals surface area (Å²) >= 11 is 0. The van der Waals surface area contributed by atoms with E-state index < -0.39 is 0 Å². The Hall–Kier alpha value is -1.78. The highest BCUT2D eigenvalue weighted by atomic mass is 14.1. The van der Waals surface area contributed by atoms with Crippen LogP contribution in [0.15, 0.2) is 53.8 Å². The molecule has 0 unspecified atom stereocenters. The lowest BCUT2D eigenvalue weighted by atomic mass is 9.92. The average molecular weight is 266 g/mol. The molecule has 0 aliphatic heterocycles. The van der Waals surface area contributed by atoms with E-state index in [1.807, 2.05) is 0 Å². The highest BCUT2D eigenvalue weighted by Gasteiger charge is 2.08. The van der Waals surface area contributed by atoms with Crippen molar-refractivity contribution in [2.24, 2.45) is 0 Å². The van der Waals surface area contributed by atoms with E-state index in [0.29, 0.717) is 0 Å². The summed E-state index contributed by atoms with van der Waals surface area (Å²) in [4.78, 5) is 0. The van der Waals surface area contributed by atoms with Crippen LogP contribution in [0.5, 0.6) is 0 Å². The van der Waals surface area contributed by atoms with E-state index >= 15 is 0 Å². The van der Waals surface area contributed by atoms with Gasteiger partial charge < -0.3 is 0 Å². The van der Waals surface area contributed by atoms with Crippen molar-refractivity contribution in [2.75, 3.05) is 0 Å². The molecule has 0 aromatic heterocycles. The summed E-state index contributed by atoms with van der Waals surface area (Å²) in [5, 5.41) is 0. The van der Waals surface area contributed by atoms with Crippen LogP contribution in [0.4, 0.5) is 0 Å². The maximum atomic E-state index is 3.82. The Morgan fingerprint density at radius 3 is 2.50 bits per heavy atom. The van der Waals surface area contributed by atoms with Crippen LogP contribution in [0, 0.1) is 13.8 Å². The van der Waals surface area contributed by atoms with E-state index in [4.69, 9.17) is 0 Å². The summed E-state index contributed by atoms with van der Waals surface area (Å²) in [7, 11) is 0. The monoisotopic (exact) mass is 266 g/mol. The van der Waals surface area contributed by atoms with E-state index in [1.165, 1.54) is 27.8 Å². The third-order valence-corrected chi connectivity index (χ3v) is 3.56. The summed E-state index contributed by atoms with van der Waals surface area (Å²) in [6.07, 6.45) is 6.70. The Labute approximate surface area is 124 Å². The average Bonchev–Trinajstić information content (AvgIpc) is 2.45. The molecule has 0 spiro atoms. The fraction of sp³-hybridized carbons (Fsp3) is 0.350. The molecule has 1 aromatic carbocycles. The second-order valence-electron chi connectivity index (χ2n) is 5.22. The van der Waals surface area contributed by atoms with Crippen molar-refractivity contribution < 1.29 is 0 Å². The van der Waals surface area contributed by atoms with Crippen molar-refractivity contribution >= 4 is 5.57 Å².